The lowest BCUT2D eigenvalue weighted by Crippen LogP contribution is -2.47. The van der Waals surface area contributed by atoms with Gasteiger partial charge in [0.15, 0.2) is 0 Å². The van der Waals surface area contributed by atoms with E-state index in [2.05, 4.69) is 10.2 Å². The Morgan fingerprint density at radius 3 is 2.84 bits per heavy atom. The molecule has 0 atom stereocenters. The van der Waals surface area contributed by atoms with Crippen molar-refractivity contribution in [1.82, 2.24) is 15.1 Å². The van der Waals surface area contributed by atoms with Crippen LogP contribution in [0.4, 0.5) is 0 Å². The van der Waals surface area contributed by atoms with Gasteiger partial charge in [-0.25, -0.2) is 0 Å². The predicted molar refractivity (Wildman–Crippen MR) is 77.2 cm³/mol. The number of carbonyl (C=O) groups is 1. The van der Waals surface area contributed by atoms with Gasteiger partial charge in [0.25, 0.3) is 0 Å². The van der Waals surface area contributed by atoms with Crippen molar-refractivity contribution in [2.24, 2.45) is 0 Å². The molecule has 1 saturated heterocycles. The minimum atomic E-state index is 0.155. The summed E-state index contributed by atoms with van der Waals surface area (Å²) in [6.07, 6.45) is 0. The second-order valence-electron chi connectivity index (χ2n) is 4.91. The number of hydrogen-bond acceptors (Lipinski definition) is 3. The SMILES string of the molecule is CN(Cc1cccc(Cl)c1)C(=O)CN1CCNCC1. The first-order valence-corrected chi connectivity index (χ1v) is 6.94. The summed E-state index contributed by atoms with van der Waals surface area (Å²) in [5, 5.41) is 3.99. The molecule has 1 aliphatic heterocycles. The minimum Gasteiger partial charge on any atom is -0.340 e. The molecule has 2 rings (SSSR count). The molecule has 5 heteroatoms. The van der Waals surface area contributed by atoms with Crippen LogP contribution in [0.2, 0.25) is 5.02 Å². The maximum atomic E-state index is 12.1. The minimum absolute atomic E-state index is 0.155. The van der Waals surface area contributed by atoms with Gasteiger partial charge in [-0.15, -0.1) is 0 Å². The summed E-state index contributed by atoms with van der Waals surface area (Å²) >= 11 is 5.94. The molecule has 1 aliphatic rings. The number of nitrogens with zero attached hydrogens (tertiary/aromatic N) is 2. The second kappa shape index (κ2) is 6.89. The average Bonchev–Trinajstić information content (AvgIpc) is 2.40. The van der Waals surface area contributed by atoms with E-state index in [4.69, 9.17) is 11.6 Å². The standard InChI is InChI=1S/C14H20ClN3O/c1-17(10-12-3-2-4-13(15)9-12)14(19)11-18-7-5-16-6-8-18/h2-4,9,16H,5-8,10-11H2,1H3. The first-order valence-electron chi connectivity index (χ1n) is 6.56. The molecule has 1 N–H and O–H groups in total. The second-order valence-corrected chi connectivity index (χ2v) is 5.34. The fourth-order valence-corrected chi connectivity index (χ4v) is 2.39. The van der Waals surface area contributed by atoms with Gasteiger partial charge in [-0.1, -0.05) is 23.7 Å². The molecule has 0 aliphatic carbocycles. The normalized spacial score (nSPS) is 16.3. The smallest absolute Gasteiger partial charge is 0.236 e. The molecule has 0 unspecified atom stereocenters. The molecule has 19 heavy (non-hydrogen) atoms. The third-order valence-corrected chi connectivity index (χ3v) is 3.54. The van der Waals surface area contributed by atoms with E-state index in [1.807, 2.05) is 31.3 Å². The molecule has 0 bridgehead atoms. The maximum absolute atomic E-state index is 12.1. The summed E-state index contributed by atoms with van der Waals surface area (Å²) < 4.78 is 0. The van der Waals surface area contributed by atoms with Crippen molar-refractivity contribution in [2.75, 3.05) is 39.8 Å². The van der Waals surface area contributed by atoms with Gasteiger partial charge in [0.05, 0.1) is 6.54 Å². The van der Waals surface area contributed by atoms with E-state index < -0.39 is 0 Å². The first-order chi connectivity index (χ1) is 9.15. The Hall–Kier alpha value is -1.10. The maximum Gasteiger partial charge on any atom is 0.236 e. The number of hydrogen-bond donors (Lipinski definition) is 1. The van der Waals surface area contributed by atoms with Crippen LogP contribution in [0.5, 0.6) is 0 Å². The van der Waals surface area contributed by atoms with Gasteiger partial charge in [-0.05, 0) is 17.7 Å². The zero-order valence-corrected chi connectivity index (χ0v) is 12.0. The average molecular weight is 282 g/mol. The van der Waals surface area contributed by atoms with Crippen LogP contribution in [-0.2, 0) is 11.3 Å². The molecule has 104 valence electrons. The number of nitrogens with one attached hydrogen (secondary N) is 1. The Morgan fingerprint density at radius 1 is 1.42 bits per heavy atom. The van der Waals surface area contributed by atoms with E-state index in [-0.39, 0.29) is 5.91 Å². The Morgan fingerprint density at radius 2 is 2.16 bits per heavy atom. The van der Waals surface area contributed by atoms with E-state index in [1.54, 1.807) is 4.90 Å². The lowest BCUT2D eigenvalue weighted by atomic mass is 10.2. The molecular weight excluding hydrogens is 262 g/mol. The molecule has 0 radical (unpaired) electrons. The largest absolute Gasteiger partial charge is 0.340 e. The summed E-state index contributed by atoms with van der Waals surface area (Å²) in [5.41, 5.74) is 1.06. The fourth-order valence-electron chi connectivity index (χ4n) is 2.18. The highest BCUT2D eigenvalue weighted by Gasteiger charge is 2.16. The summed E-state index contributed by atoms with van der Waals surface area (Å²) in [6.45, 7) is 4.91. The molecule has 1 fully saturated rings. The van der Waals surface area contributed by atoms with Crippen molar-refractivity contribution in [3.05, 3.63) is 34.9 Å². The lowest BCUT2D eigenvalue weighted by molar-refractivity contribution is -0.131. The van der Waals surface area contributed by atoms with E-state index >= 15 is 0 Å². The highest BCUT2D eigenvalue weighted by molar-refractivity contribution is 6.30. The van der Waals surface area contributed by atoms with Crippen molar-refractivity contribution >= 4 is 17.5 Å². The Labute approximate surface area is 119 Å². The topological polar surface area (TPSA) is 35.6 Å². The van der Waals surface area contributed by atoms with Crippen LogP contribution in [0.1, 0.15) is 5.56 Å². The highest BCUT2D eigenvalue weighted by Crippen LogP contribution is 2.12. The van der Waals surface area contributed by atoms with E-state index in [1.165, 1.54) is 0 Å². The van der Waals surface area contributed by atoms with Crippen molar-refractivity contribution < 1.29 is 4.79 Å². The third-order valence-electron chi connectivity index (χ3n) is 3.30. The number of rotatable bonds is 4. The first kappa shape index (κ1) is 14.3. The fraction of sp³-hybridized carbons (Fsp3) is 0.500. The van der Waals surface area contributed by atoms with Crippen LogP contribution >= 0.6 is 11.6 Å². The molecule has 1 amide bonds. The number of halogens is 1. The monoisotopic (exact) mass is 281 g/mol. The number of likely N-dealkylation sites (N-methyl/N-ethyl adjacent to an activating group) is 1. The van der Waals surface area contributed by atoms with Crippen LogP contribution in [-0.4, -0.2) is 55.5 Å². The van der Waals surface area contributed by atoms with Gasteiger partial charge in [0.1, 0.15) is 0 Å². The number of piperazine rings is 1. The number of carbonyl (C=O) groups excluding carboxylic acids is 1. The van der Waals surface area contributed by atoms with Crippen molar-refractivity contribution in [1.29, 1.82) is 0 Å². The van der Waals surface area contributed by atoms with Gasteiger partial charge in [0.2, 0.25) is 5.91 Å². The number of amides is 1. The van der Waals surface area contributed by atoms with Gasteiger partial charge in [0, 0.05) is 44.8 Å². The van der Waals surface area contributed by atoms with Gasteiger partial charge < -0.3 is 10.2 Å². The molecule has 0 aromatic heterocycles. The van der Waals surface area contributed by atoms with Crippen molar-refractivity contribution in [2.45, 2.75) is 6.54 Å². The van der Waals surface area contributed by atoms with Crippen LogP contribution in [0, 0.1) is 0 Å². The Balaban J connectivity index is 1.84. The molecule has 0 spiro atoms. The van der Waals surface area contributed by atoms with Crippen molar-refractivity contribution in [3.8, 4) is 0 Å². The zero-order valence-electron chi connectivity index (χ0n) is 11.2. The van der Waals surface area contributed by atoms with Crippen LogP contribution in [0.15, 0.2) is 24.3 Å². The lowest BCUT2D eigenvalue weighted by Gasteiger charge is -2.28. The van der Waals surface area contributed by atoms with E-state index in [9.17, 15) is 4.79 Å². The highest BCUT2D eigenvalue weighted by atomic mass is 35.5. The molecule has 0 saturated carbocycles. The molecule has 1 aromatic rings. The third kappa shape index (κ3) is 4.49. The van der Waals surface area contributed by atoms with Crippen LogP contribution < -0.4 is 5.32 Å². The Bertz CT molecular complexity index is 432. The van der Waals surface area contributed by atoms with E-state index in [0.717, 1.165) is 31.7 Å². The van der Waals surface area contributed by atoms with Gasteiger partial charge in [-0.2, -0.15) is 0 Å². The van der Waals surface area contributed by atoms with E-state index in [0.29, 0.717) is 18.1 Å². The summed E-state index contributed by atoms with van der Waals surface area (Å²) in [5.74, 6) is 0.155. The summed E-state index contributed by atoms with van der Waals surface area (Å²) in [4.78, 5) is 16.1. The molecule has 4 nitrogen and oxygen atoms in total. The molecule has 1 aromatic carbocycles. The number of benzene rings is 1. The van der Waals surface area contributed by atoms with Crippen LogP contribution in [0.3, 0.4) is 0 Å². The quantitative estimate of drug-likeness (QED) is 0.901. The Kier molecular flexibility index (Phi) is 5.19. The summed E-state index contributed by atoms with van der Waals surface area (Å²) in [7, 11) is 1.84. The molecular formula is C14H20ClN3O. The zero-order chi connectivity index (χ0) is 13.7. The van der Waals surface area contributed by atoms with Gasteiger partial charge in [-0.3, -0.25) is 9.69 Å². The van der Waals surface area contributed by atoms with Crippen molar-refractivity contribution in [3.63, 3.8) is 0 Å². The predicted octanol–water partition coefficient (Wildman–Crippen LogP) is 1.20. The summed E-state index contributed by atoms with van der Waals surface area (Å²) in [6, 6.07) is 7.64. The van der Waals surface area contributed by atoms with Gasteiger partial charge >= 0.3 is 0 Å². The van der Waals surface area contributed by atoms with Crippen LogP contribution in [0.25, 0.3) is 0 Å². The molecule has 1 heterocycles.